The third kappa shape index (κ3) is 3.88. The van der Waals surface area contributed by atoms with E-state index in [1.54, 1.807) is 12.3 Å². The van der Waals surface area contributed by atoms with Crippen LogP contribution < -0.4 is 4.90 Å². The molecule has 1 fully saturated rings. The van der Waals surface area contributed by atoms with Crippen LogP contribution in [0.3, 0.4) is 0 Å². The number of furan rings is 1. The van der Waals surface area contributed by atoms with Gasteiger partial charge in [-0.15, -0.1) is 0 Å². The summed E-state index contributed by atoms with van der Waals surface area (Å²) in [5, 5.41) is 2.44. The van der Waals surface area contributed by atoms with E-state index in [4.69, 9.17) is 37.6 Å². The van der Waals surface area contributed by atoms with Crippen molar-refractivity contribution in [3.8, 4) is 11.6 Å². The van der Waals surface area contributed by atoms with E-state index in [-0.39, 0.29) is 0 Å². The molecule has 1 aliphatic heterocycles. The highest BCUT2D eigenvalue weighted by Crippen LogP contribution is 2.29. The Morgan fingerprint density at radius 3 is 2.50 bits per heavy atom. The molecule has 0 radical (unpaired) electrons. The van der Waals surface area contributed by atoms with E-state index in [9.17, 15) is 0 Å². The van der Waals surface area contributed by atoms with E-state index in [0.717, 1.165) is 60.0 Å². The number of aromatic nitrogens is 2. The molecule has 0 atom stereocenters. The lowest BCUT2D eigenvalue weighted by Crippen LogP contribution is -2.46. The highest BCUT2D eigenvalue weighted by atomic mass is 35.5. The Labute approximate surface area is 184 Å². The smallest absolute Gasteiger partial charge is 0.198 e. The highest BCUT2D eigenvalue weighted by molar-refractivity contribution is 6.35. The van der Waals surface area contributed by atoms with Crippen LogP contribution in [0.2, 0.25) is 10.0 Å². The zero-order chi connectivity index (χ0) is 20.5. The van der Waals surface area contributed by atoms with Crippen molar-refractivity contribution in [2.45, 2.75) is 6.54 Å². The van der Waals surface area contributed by atoms with Crippen molar-refractivity contribution in [3.63, 3.8) is 0 Å². The molecule has 0 N–H and O–H groups in total. The molecule has 5 rings (SSSR count). The maximum absolute atomic E-state index is 6.36. The largest absolute Gasteiger partial charge is 0.461 e. The molecular formula is C23H20Cl2N4O. The molecule has 0 saturated carbocycles. The van der Waals surface area contributed by atoms with Gasteiger partial charge >= 0.3 is 0 Å². The average Bonchev–Trinajstić information content (AvgIpc) is 3.31. The topological polar surface area (TPSA) is 45.4 Å². The molecule has 0 bridgehead atoms. The monoisotopic (exact) mass is 438 g/mol. The highest BCUT2D eigenvalue weighted by Gasteiger charge is 2.22. The van der Waals surface area contributed by atoms with Gasteiger partial charge < -0.3 is 9.32 Å². The summed E-state index contributed by atoms with van der Waals surface area (Å²) < 4.78 is 5.54. The first-order valence-electron chi connectivity index (χ1n) is 9.89. The van der Waals surface area contributed by atoms with Crippen molar-refractivity contribution in [2.75, 3.05) is 31.1 Å². The zero-order valence-electron chi connectivity index (χ0n) is 16.3. The number of hydrogen-bond donors (Lipinski definition) is 0. The Kier molecular flexibility index (Phi) is 5.34. The molecular weight excluding hydrogens is 419 g/mol. The van der Waals surface area contributed by atoms with Crippen molar-refractivity contribution in [3.05, 3.63) is 76.5 Å². The number of fused-ring (bicyclic) bond motifs is 1. The van der Waals surface area contributed by atoms with Gasteiger partial charge in [-0.25, -0.2) is 9.97 Å². The molecule has 0 amide bonds. The molecule has 7 heteroatoms. The SMILES string of the molecule is Clc1ccc(CN2CCN(c3nc(-c4ccco4)nc4ccccc34)CC2)c(Cl)c1. The van der Waals surface area contributed by atoms with E-state index >= 15 is 0 Å². The molecule has 0 unspecified atom stereocenters. The fourth-order valence-corrected chi connectivity index (χ4v) is 4.29. The fourth-order valence-electron chi connectivity index (χ4n) is 3.83. The molecule has 0 aliphatic carbocycles. The number of nitrogens with zero attached hydrogens (tertiary/aromatic N) is 4. The number of rotatable bonds is 4. The van der Waals surface area contributed by atoms with Crippen molar-refractivity contribution >= 4 is 39.9 Å². The van der Waals surface area contributed by atoms with Gasteiger partial charge in [0.2, 0.25) is 0 Å². The van der Waals surface area contributed by atoms with Crippen molar-refractivity contribution in [1.82, 2.24) is 14.9 Å². The van der Waals surface area contributed by atoms with Crippen LogP contribution in [-0.4, -0.2) is 41.0 Å². The summed E-state index contributed by atoms with van der Waals surface area (Å²) in [5.41, 5.74) is 2.02. The predicted molar refractivity (Wildman–Crippen MR) is 121 cm³/mol. The second-order valence-electron chi connectivity index (χ2n) is 7.36. The first-order valence-corrected chi connectivity index (χ1v) is 10.6. The van der Waals surface area contributed by atoms with Gasteiger partial charge in [-0.1, -0.05) is 41.4 Å². The van der Waals surface area contributed by atoms with Gasteiger partial charge in [0.05, 0.1) is 11.8 Å². The van der Waals surface area contributed by atoms with Gasteiger partial charge in [0, 0.05) is 48.2 Å². The van der Waals surface area contributed by atoms with Gasteiger partial charge in [0.25, 0.3) is 0 Å². The molecule has 2 aromatic heterocycles. The molecule has 0 spiro atoms. The average molecular weight is 439 g/mol. The van der Waals surface area contributed by atoms with Gasteiger partial charge in [-0.2, -0.15) is 0 Å². The standard InChI is InChI=1S/C23H20Cl2N4O/c24-17-8-7-16(19(25)14-17)15-28-9-11-29(12-10-28)23-18-4-1-2-5-20(18)26-22(27-23)21-6-3-13-30-21/h1-8,13-14H,9-12,15H2. The maximum atomic E-state index is 6.36. The van der Waals surface area contributed by atoms with Crippen LogP contribution in [0.4, 0.5) is 5.82 Å². The van der Waals surface area contributed by atoms with Gasteiger partial charge in [-0.3, -0.25) is 4.90 Å². The van der Waals surface area contributed by atoms with Gasteiger partial charge in [0.1, 0.15) is 5.82 Å². The van der Waals surface area contributed by atoms with Crippen LogP contribution in [-0.2, 0) is 6.54 Å². The number of hydrogen-bond acceptors (Lipinski definition) is 5. The molecule has 5 nitrogen and oxygen atoms in total. The lowest BCUT2D eigenvalue weighted by atomic mass is 10.1. The lowest BCUT2D eigenvalue weighted by molar-refractivity contribution is 0.249. The Morgan fingerprint density at radius 1 is 0.900 bits per heavy atom. The van der Waals surface area contributed by atoms with E-state index in [1.165, 1.54) is 0 Å². The molecule has 1 aliphatic rings. The second kappa shape index (κ2) is 8.26. The van der Waals surface area contributed by atoms with Crippen LogP contribution in [0.25, 0.3) is 22.5 Å². The Hall–Kier alpha value is -2.60. The third-order valence-electron chi connectivity index (χ3n) is 5.41. The summed E-state index contributed by atoms with van der Waals surface area (Å²) in [5.74, 6) is 2.25. The van der Waals surface area contributed by atoms with E-state index in [2.05, 4.69) is 15.9 Å². The molecule has 4 aromatic rings. The summed E-state index contributed by atoms with van der Waals surface area (Å²) in [6.45, 7) is 4.42. The van der Waals surface area contributed by atoms with Crippen LogP contribution >= 0.6 is 23.2 Å². The number of benzene rings is 2. The van der Waals surface area contributed by atoms with Crippen LogP contribution in [0.1, 0.15) is 5.56 Å². The van der Waals surface area contributed by atoms with Crippen LogP contribution in [0.5, 0.6) is 0 Å². The summed E-state index contributed by atoms with van der Waals surface area (Å²) in [6, 6.07) is 17.6. The molecule has 152 valence electrons. The summed E-state index contributed by atoms with van der Waals surface area (Å²) in [6.07, 6.45) is 1.65. The van der Waals surface area contributed by atoms with Gasteiger partial charge in [0.15, 0.2) is 11.6 Å². The molecule has 3 heterocycles. The number of anilines is 1. The summed E-state index contributed by atoms with van der Waals surface area (Å²) in [7, 11) is 0. The zero-order valence-corrected chi connectivity index (χ0v) is 17.8. The Bertz CT molecular complexity index is 1170. The fraction of sp³-hybridized carbons (Fsp3) is 0.217. The first kappa shape index (κ1) is 19.4. The van der Waals surface area contributed by atoms with Crippen LogP contribution in [0.15, 0.2) is 65.3 Å². The van der Waals surface area contributed by atoms with Gasteiger partial charge in [-0.05, 0) is 42.0 Å². The maximum Gasteiger partial charge on any atom is 0.198 e. The minimum Gasteiger partial charge on any atom is -0.461 e. The number of halogens is 2. The molecule has 1 saturated heterocycles. The minimum atomic E-state index is 0.615. The minimum absolute atomic E-state index is 0.615. The summed E-state index contributed by atoms with van der Waals surface area (Å²) in [4.78, 5) is 14.3. The van der Waals surface area contributed by atoms with E-state index in [1.807, 2.05) is 42.5 Å². The predicted octanol–water partition coefficient (Wildman–Crippen LogP) is 5.52. The lowest BCUT2D eigenvalue weighted by Gasteiger charge is -2.36. The third-order valence-corrected chi connectivity index (χ3v) is 5.99. The Balaban J connectivity index is 1.38. The van der Waals surface area contributed by atoms with Crippen LogP contribution in [0, 0.1) is 0 Å². The van der Waals surface area contributed by atoms with Crippen molar-refractivity contribution in [2.24, 2.45) is 0 Å². The van der Waals surface area contributed by atoms with E-state index < -0.39 is 0 Å². The number of piperazine rings is 1. The normalized spacial score (nSPS) is 15.1. The van der Waals surface area contributed by atoms with E-state index in [0.29, 0.717) is 16.6 Å². The number of para-hydroxylation sites is 1. The molecule has 30 heavy (non-hydrogen) atoms. The first-order chi connectivity index (χ1) is 14.7. The second-order valence-corrected chi connectivity index (χ2v) is 8.21. The van der Waals surface area contributed by atoms with Crippen molar-refractivity contribution < 1.29 is 4.42 Å². The summed E-state index contributed by atoms with van der Waals surface area (Å²) >= 11 is 12.4. The molecule has 2 aromatic carbocycles. The quantitative estimate of drug-likeness (QED) is 0.419. The van der Waals surface area contributed by atoms with Crippen molar-refractivity contribution in [1.29, 1.82) is 0 Å². The Morgan fingerprint density at radius 2 is 1.73 bits per heavy atom.